The zero-order valence-electron chi connectivity index (χ0n) is 12.8. The molecule has 122 valence electrons. The number of ether oxygens (including phenoxy) is 3. The standard InChI is InChI=1S/C16H15F2NO4/c1-21-12-8-14(23-3)13(22-2)7-9(12)16(20)19-15-10(17)5-4-6-11(15)18/h4-8H,1-3H3,(H,19,20). The maximum atomic E-state index is 13.6. The molecular weight excluding hydrogens is 308 g/mol. The fraction of sp³-hybridized carbons (Fsp3) is 0.188. The summed E-state index contributed by atoms with van der Waals surface area (Å²) in [5.41, 5.74) is -0.484. The van der Waals surface area contributed by atoms with E-state index in [1.54, 1.807) is 0 Å². The predicted molar refractivity (Wildman–Crippen MR) is 80.4 cm³/mol. The van der Waals surface area contributed by atoms with E-state index in [-0.39, 0.29) is 17.1 Å². The van der Waals surface area contributed by atoms with Crippen molar-refractivity contribution in [2.75, 3.05) is 26.6 Å². The highest BCUT2D eigenvalue weighted by Gasteiger charge is 2.20. The molecule has 0 bridgehead atoms. The molecule has 5 nitrogen and oxygen atoms in total. The summed E-state index contributed by atoms with van der Waals surface area (Å²) in [7, 11) is 4.20. The number of hydrogen-bond donors (Lipinski definition) is 1. The van der Waals surface area contributed by atoms with Gasteiger partial charge in [-0.25, -0.2) is 8.78 Å². The third-order valence-electron chi connectivity index (χ3n) is 3.15. The first-order valence-corrected chi connectivity index (χ1v) is 6.57. The van der Waals surface area contributed by atoms with Gasteiger partial charge in [-0.3, -0.25) is 4.79 Å². The van der Waals surface area contributed by atoms with Gasteiger partial charge in [0.25, 0.3) is 5.91 Å². The van der Waals surface area contributed by atoms with Crippen molar-refractivity contribution in [1.82, 2.24) is 0 Å². The van der Waals surface area contributed by atoms with Gasteiger partial charge in [0.2, 0.25) is 0 Å². The maximum absolute atomic E-state index is 13.6. The minimum atomic E-state index is -0.877. The average Bonchev–Trinajstić information content (AvgIpc) is 2.56. The lowest BCUT2D eigenvalue weighted by Gasteiger charge is -2.14. The first-order chi connectivity index (χ1) is 11.0. The maximum Gasteiger partial charge on any atom is 0.259 e. The van der Waals surface area contributed by atoms with E-state index in [0.717, 1.165) is 12.1 Å². The molecule has 0 aromatic heterocycles. The number of nitrogens with one attached hydrogen (secondary N) is 1. The monoisotopic (exact) mass is 323 g/mol. The van der Waals surface area contributed by atoms with Crippen LogP contribution in [0.3, 0.4) is 0 Å². The van der Waals surface area contributed by atoms with Gasteiger partial charge in [0, 0.05) is 12.1 Å². The minimum absolute atomic E-state index is 0.0489. The number of anilines is 1. The Hall–Kier alpha value is -2.83. The number of methoxy groups -OCH3 is 3. The second-order valence-electron chi connectivity index (χ2n) is 4.46. The molecule has 1 N–H and O–H groups in total. The molecule has 0 atom stereocenters. The van der Waals surface area contributed by atoms with Crippen LogP contribution in [0.4, 0.5) is 14.5 Å². The Morgan fingerprint density at radius 2 is 1.43 bits per heavy atom. The molecule has 0 fully saturated rings. The van der Waals surface area contributed by atoms with Gasteiger partial charge < -0.3 is 19.5 Å². The molecule has 0 unspecified atom stereocenters. The molecule has 0 aliphatic carbocycles. The second kappa shape index (κ2) is 6.95. The van der Waals surface area contributed by atoms with Crippen molar-refractivity contribution in [2.24, 2.45) is 0 Å². The van der Waals surface area contributed by atoms with Crippen LogP contribution in [0.1, 0.15) is 10.4 Å². The highest BCUT2D eigenvalue weighted by Crippen LogP contribution is 2.35. The smallest absolute Gasteiger partial charge is 0.259 e. The Bertz CT molecular complexity index is 714. The lowest BCUT2D eigenvalue weighted by Crippen LogP contribution is -2.15. The lowest BCUT2D eigenvalue weighted by atomic mass is 10.1. The van der Waals surface area contributed by atoms with Crippen LogP contribution >= 0.6 is 0 Å². The van der Waals surface area contributed by atoms with E-state index in [4.69, 9.17) is 14.2 Å². The van der Waals surface area contributed by atoms with Crippen molar-refractivity contribution < 1.29 is 27.8 Å². The number of carbonyl (C=O) groups is 1. The molecule has 2 rings (SSSR count). The first kappa shape index (κ1) is 16.5. The Kier molecular flexibility index (Phi) is 5.00. The Labute approximate surface area is 131 Å². The minimum Gasteiger partial charge on any atom is -0.496 e. The fourth-order valence-electron chi connectivity index (χ4n) is 2.00. The van der Waals surface area contributed by atoms with Gasteiger partial charge in [-0.05, 0) is 12.1 Å². The van der Waals surface area contributed by atoms with Crippen LogP contribution in [-0.4, -0.2) is 27.2 Å². The Balaban J connectivity index is 2.42. The van der Waals surface area contributed by atoms with Crippen LogP contribution in [0.25, 0.3) is 0 Å². The lowest BCUT2D eigenvalue weighted by molar-refractivity contribution is 0.102. The van der Waals surface area contributed by atoms with Crippen LogP contribution in [0, 0.1) is 11.6 Å². The molecular formula is C16H15F2NO4. The zero-order chi connectivity index (χ0) is 17.0. The molecule has 0 aliphatic heterocycles. The molecule has 23 heavy (non-hydrogen) atoms. The van der Waals surface area contributed by atoms with Crippen LogP contribution in [0.5, 0.6) is 17.2 Å². The summed E-state index contributed by atoms with van der Waals surface area (Å²) in [6.07, 6.45) is 0. The number of hydrogen-bond acceptors (Lipinski definition) is 4. The molecule has 0 saturated heterocycles. The van der Waals surface area contributed by atoms with Crippen molar-refractivity contribution in [3.8, 4) is 17.2 Å². The van der Waals surface area contributed by atoms with Gasteiger partial charge in [-0.1, -0.05) is 6.07 Å². The number of carbonyl (C=O) groups excluding carboxylic acids is 1. The number of para-hydroxylation sites is 1. The van der Waals surface area contributed by atoms with E-state index in [1.165, 1.54) is 39.5 Å². The van der Waals surface area contributed by atoms with Gasteiger partial charge in [-0.15, -0.1) is 0 Å². The van der Waals surface area contributed by atoms with Gasteiger partial charge in [0.1, 0.15) is 23.1 Å². The SMILES string of the molecule is COc1cc(OC)c(C(=O)Nc2c(F)cccc2F)cc1OC. The Morgan fingerprint density at radius 3 is 1.96 bits per heavy atom. The number of benzene rings is 2. The van der Waals surface area contributed by atoms with E-state index >= 15 is 0 Å². The fourth-order valence-corrected chi connectivity index (χ4v) is 2.00. The van der Waals surface area contributed by atoms with E-state index in [2.05, 4.69) is 5.32 Å². The Morgan fingerprint density at radius 1 is 0.913 bits per heavy atom. The van der Waals surface area contributed by atoms with Gasteiger partial charge in [0.15, 0.2) is 11.5 Å². The summed E-state index contributed by atoms with van der Waals surface area (Å²) in [5, 5.41) is 2.19. The molecule has 0 aliphatic rings. The molecule has 0 radical (unpaired) electrons. The largest absolute Gasteiger partial charge is 0.496 e. The van der Waals surface area contributed by atoms with E-state index in [0.29, 0.717) is 5.75 Å². The van der Waals surface area contributed by atoms with Crippen molar-refractivity contribution in [3.63, 3.8) is 0 Å². The van der Waals surface area contributed by atoms with Crippen LogP contribution in [0.15, 0.2) is 30.3 Å². The second-order valence-corrected chi connectivity index (χ2v) is 4.46. The van der Waals surface area contributed by atoms with Gasteiger partial charge >= 0.3 is 0 Å². The van der Waals surface area contributed by atoms with E-state index < -0.39 is 23.2 Å². The normalized spacial score (nSPS) is 10.1. The third kappa shape index (κ3) is 3.33. The summed E-state index contributed by atoms with van der Waals surface area (Å²) in [5.74, 6) is -1.68. The summed E-state index contributed by atoms with van der Waals surface area (Å²) in [6, 6.07) is 6.11. The molecule has 2 aromatic carbocycles. The number of amides is 1. The van der Waals surface area contributed by atoms with Crippen molar-refractivity contribution in [1.29, 1.82) is 0 Å². The molecule has 0 heterocycles. The summed E-state index contributed by atoms with van der Waals surface area (Å²) in [4.78, 5) is 12.3. The van der Waals surface area contributed by atoms with Gasteiger partial charge in [0.05, 0.1) is 26.9 Å². The van der Waals surface area contributed by atoms with Crippen molar-refractivity contribution >= 4 is 11.6 Å². The van der Waals surface area contributed by atoms with Gasteiger partial charge in [-0.2, -0.15) is 0 Å². The molecule has 0 spiro atoms. The zero-order valence-corrected chi connectivity index (χ0v) is 12.8. The quantitative estimate of drug-likeness (QED) is 0.918. The highest BCUT2D eigenvalue weighted by atomic mass is 19.1. The molecule has 2 aromatic rings. The van der Waals surface area contributed by atoms with E-state index in [1.807, 2.05) is 0 Å². The van der Waals surface area contributed by atoms with Crippen LogP contribution < -0.4 is 19.5 Å². The molecule has 0 saturated carbocycles. The molecule has 1 amide bonds. The van der Waals surface area contributed by atoms with Crippen LogP contribution in [0.2, 0.25) is 0 Å². The number of halogens is 2. The van der Waals surface area contributed by atoms with Crippen LogP contribution in [-0.2, 0) is 0 Å². The predicted octanol–water partition coefficient (Wildman–Crippen LogP) is 3.24. The molecule has 7 heteroatoms. The third-order valence-corrected chi connectivity index (χ3v) is 3.15. The summed E-state index contributed by atoms with van der Waals surface area (Å²) in [6.45, 7) is 0. The topological polar surface area (TPSA) is 56.8 Å². The van der Waals surface area contributed by atoms with E-state index in [9.17, 15) is 13.6 Å². The summed E-state index contributed by atoms with van der Waals surface area (Å²) < 4.78 is 42.6. The number of rotatable bonds is 5. The van der Waals surface area contributed by atoms with Crippen molar-refractivity contribution in [3.05, 3.63) is 47.5 Å². The summed E-state index contributed by atoms with van der Waals surface area (Å²) >= 11 is 0. The average molecular weight is 323 g/mol. The van der Waals surface area contributed by atoms with Crippen molar-refractivity contribution in [2.45, 2.75) is 0 Å². The highest BCUT2D eigenvalue weighted by molar-refractivity contribution is 6.06. The first-order valence-electron chi connectivity index (χ1n) is 6.57.